The van der Waals surface area contributed by atoms with Crippen LogP contribution < -0.4 is 5.32 Å². The molecule has 0 bridgehead atoms. The lowest BCUT2D eigenvalue weighted by Gasteiger charge is -2.13. The molecule has 1 rings (SSSR count). The Labute approximate surface area is 110 Å². The lowest BCUT2D eigenvalue weighted by atomic mass is 10.1. The summed E-state index contributed by atoms with van der Waals surface area (Å²) in [7, 11) is 0. The maximum Gasteiger partial charge on any atom is 0.0929 e. The molecule has 0 amide bonds. The molecule has 0 fully saturated rings. The SMILES string of the molecule is C=C(Cl)CNCC(O)c1cc(Cl)ccc1Cl. The van der Waals surface area contributed by atoms with Crippen molar-refractivity contribution in [1.29, 1.82) is 0 Å². The standard InChI is InChI=1S/C11H12Cl3NO/c1-7(12)5-15-6-11(16)9-4-8(13)2-3-10(9)14/h2-4,11,15-16H,1,5-6H2. The van der Waals surface area contributed by atoms with Crippen molar-refractivity contribution < 1.29 is 5.11 Å². The van der Waals surface area contributed by atoms with Gasteiger partial charge in [0.15, 0.2) is 0 Å². The van der Waals surface area contributed by atoms with Crippen LogP contribution in [-0.2, 0) is 0 Å². The van der Waals surface area contributed by atoms with Crippen molar-refractivity contribution in [3.63, 3.8) is 0 Å². The van der Waals surface area contributed by atoms with Crippen molar-refractivity contribution in [2.45, 2.75) is 6.10 Å². The normalized spacial score (nSPS) is 12.5. The molecule has 88 valence electrons. The van der Waals surface area contributed by atoms with E-state index in [4.69, 9.17) is 34.8 Å². The smallest absolute Gasteiger partial charge is 0.0929 e. The minimum atomic E-state index is -0.720. The Hall–Kier alpha value is -0.250. The molecule has 0 aliphatic rings. The number of benzene rings is 1. The maximum absolute atomic E-state index is 9.86. The summed E-state index contributed by atoms with van der Waals surface area (Å²) in [5.41, 5.74) is 0.599. The van der Waals surface area contributed by atoms with Crippen molar-refractivity contribution in [2.24, 2.45) is 0 Å². The molecule has 0 heterocycles. The quantitative estimate of drug-likeness (QED) is 0.867. The molecular weight excluding hydrogens is 268 g/mol. The van der Waals surface area contributed by atoms with E-state index in [1.807, 2.05) is 0 Å². The van der Waals surface area contributed by atoms with Crippen LogP contribution in [0.3, 0.4) is 0 Å². The van der Waals surface area contributed by atoms with Crippen LogP contribution in [0.4, 0.5) is 0 Å². The number of rotatable bonds is 5. The minimum Gasteiger partial charge on any atom is -0.387 e. The van der Waals surface area contributed by atoms with Gasteiger partial charge in [0.05, 0.1) is 6.10 Å². The van der Waals surface area contributed by atoms with Gasteiger partial charge in [-0.1, -0.05) is 41.4 Å². The summed E-state index contributed by atoms with van der Waals surface area (Å²) < 4.78 is 0. The summed E-state index contributed by atoms with van der Waals surface area (Å²) in [5, 5.41) is 14.3. The zero-order valence-corrected chi connectivity index (χ0v) is 10.8. The second-order valence-electron chi connectivity index (χ2n) is 3.33. The first-order valence-electron chi connectivity index (χ1n) is 4.67. The summed E-state index contributed by atoms with van der Waals surface area (Å²) in [5.74, 6) is 0. The molecule has 2 nitrogen and oxygen atoms in total. The molecule has 1 aromatic rings. The molecule has 1 atom stereocenters. The van der Waals surface area contributed by atoms with E-state index in [1.54, 1.807) is 18.2 Å². The zero-order chi connectivity index (χ0) is 12.1. The van der Waals surface area contributed by atoms with E-state index in [-0.39, 0.29) is 0 Å². The van der Waals surface area contributed by atoms with Crippen LogP contribution in [0.25, 0.3) is 0 Å². The molecule has 0 aliphatic carbocycles. The highest BCUT2D eigenvalue weighted by atomic mass is 35.5. The van der Waals surface area contributed by atoms with Crippen LogP contribution in [-0.4, -0.2) is 18.2 Å². The van der Waals surface area contributed by atoms with Crippen LogP contribution in [0.2, 0.25) is 10.0 Å². The number of nitrogens with one attached hydrogen (secondary N) is 1. The monoisotopic (exact) mass is 279 g/mol. The zero-order valence-electron chi connectivity index (χ0n) is 8.51. The number of hydrogen-bond acceptors (Lipinski definition) is 2. The first-order valence-corrected chi connectivity index (χ1v) is 5.81. The van der Waals surface area contributed by atoms with Gasteiger partial charge in [0, 0.05) is 33.7 Å². The van der Waals surface area contributed by atoms with Crippen molar-refractivity contribution in [1.82, 2.24) is 5.32 Å². The van der Waals surface area contributed by atoms with E-state index in [2.05, 4.69) is 11.9 Å². The Bertz CT molecular complexity index is 381. The van der Waals surface area contributed by atoms with Crippen molar-refractivity contribution >= 4 is 34.8 Å². The van der Waals surface area contributed by atoms with Gasteiger partial charge < -0.3 is 10.4 Å². The van der Waals surface area contributed by atoms with E-state index in [1.165, 1.54) is 0 Å². The molecule has 2 N–H and O–H groups in total. The predicted octanol–water partition coefficient (Wildman–Crippen LogP) is 3.37. The highest BCUT2D eigenvalue weighted by molar-refractivity contribution is 6.33. The third-order valence-electron chi connectivity index (χ3n) is 1.97. The van der Waals surface area contributed by atoms with E-state index >= 15 is 0 Å². The third kappa shape index (κ3) is 4.32. The topological polar surface area (TPSA) is 32.3 Å². The summed E-state index contributed by atoms with van der Waals surface area (Å²) in [6, 6.07) is 4.98. The van der Waals surface area contributed by atoms with E-state index < -0.39 is 6.10 Å². The first kappa shape index (κ1) is 13.8. The van der Waals surface area contributed by atoms with Gasteiger partial charge in [0.1, 0.15) is 0 Å². The fourth-order valence-corrected chi connectivity index (χ4v) is 1.74. The number of halogens is 3. The summed E-state index contributed by atoms with van der Waals surface area (Å²) in [6.07, 6.45) is -0.720. The van der Waals surface area contributed by atoms with Gasteiger partial charge in [-0.05, 0) is 18.2 Å². The Morgan fingerprint density at radius 1 is 1.44 bits per heavy atom. The molecule has 0 radical (unpaired) electrons. The van der Waals surface area contributed by atoms with Gasteiger partial charge in [0.25, 0.3) is 0 Å². The van der Waals surface area contributed by atoms with Crippen LogP contribution >= 0.6 is 34.8 Å². The highest BCUT2D eigenvalue weighted by Gasteiger charge is 2.11. The van der Waals surface area contributed by atoms with Gasteiger partial charge in [-0.2, -0.15) is 0 Å². The van der Waals surface area contributed by atoms with Crippen LogP contribution in [0, 0.1) is 0 Å². The Kier molecular flexibility index (Phi) is 5.59. The van der Waals surface area contributed by atoms with E-state index in [0.29, 0.717) is 33.7 Å². The van der Waals surface area contributed by atoms with Gasteiger partial charge in [0.2, 0.25) is 0 Å². The molecule has 1 unspecified atom stereocenters. The Balaban J connectivity index is 2.61. The molecule has 0 saturated carbocycles. The number of hydrogen-bond donors (Lipinski definition) is 2. The van der Waals surface area contributed by atoms with Crippen LogP contribution in [0.15, 0.2) is 29.8 Å². The van der Waals surface area contributed by atoms with Gasteiger partial charge in [-0.25, -0.2) is 0 Å². The number of aliphatic hydroxyl groups is 1. The second-order valence-corrected chi connectivity index (χ2v) is 4.71. The minimum absolute atomic E-state index is 0.339. The fourth-order valence-electron chi connectivity index (χ4n) is 1.22. The van der Waals surface area contributed by atoms with Gasteiger partial charge in [-0.15, -0.1) is 0 Å². The summed E-state index contributed by atoms with van der Waals surface area (Å²) in [4.78, 5) is 0. The Morgan fingerprint density at radius 3 is 2.75 bits per heavy atom. The molecule has 0 spiro atoms. The molecule has 0 saturated heterocycles. The second kappa shape index (κ2) is 6.48. The van der Waals surface area contributed by atoms with E-state index in [9.17, 15) is 5.11 Å². The van der Waals surface area contributed by atoms with Crippen molar-refractivity contribution in [2.75, 3.05) is 13.1 Å². The summed E-state index contributed by atoms with van der Waals surface area (Å²) in [6.45, 7) is 4.31. The summed E-state index contributed by atoms with van der Waals surface area (Å²) >= 11 is 17.3. The molecule has 16 heavy (non-hydrogen) atoms. The lowest BCUT2D eigenvalue weighted by molar-refractivity contribution is 0.176. The van der Waals surface area contributed by atoms with Gasteiger partial charge in [-0.3, -0.25) is 0 Å². The van der Waals surface area contributed by atoms with E-state index in [0.717, 1.165) is 0 Å². The maximum atomic E-state index is 9.86. The van der Waals surface area contributed by atoms with Crippen LogP contribution in [0.5, 0.6) is 0 Å². The molecule has 5 heteroatoms. The molecule has 0 aromatic heterocycles. The average Bonchev–Trinajstić information content (AvgIpc) is 2.21. The van der Waals surface area contributed by atoms with Crippen LogP contribution in [0.1, 0.15) is 11.7 Å². The highest BCUT2D eigenvalue weighted by Crippen LogP contribution is 2.25. The molecular formula is C11H12Cl3NO. The fraction of sp³-hybridized carbons (Fsp3) is 0.273. The predicted molar refractivity (Wildman–Crippen MR) is 69.3 cm³/mol. The Morgan fingerprint density at radius 2 is 2.12 bits per heavy atom. The largest absolute Gasteiger partial charge is 0.387 e. The lowest BCUT2D eigenvalue weighted by Crippen LogP contribution is -2.22. The molecule has 0 aliphatic heterocycles. The first-order chi connectivity index (χ1) is 7.50. The van der Waals surface area contributed by atoms with Crippen molar-refractivity contribution in [3.8, 4) is 0 Å². The van der Waals surface area contributed by atoms with Crippen molar-refractivity contribution in [3.05, 3.63) is 45.4 Å². The average molecular weight is 281 g/mol. The number of aliphatic hydroxyl groups excluding tert-OH is 1. The molecule has 1 aromatic carbocycles. The van der Waals surface area contributed by atoms with Gasteiger partial charge >= 0.3 is 0 Å². The third-order valence-corrected chi connectivity index (χ3v) is 2.68.